The van der Waals surface area contributed by atoms with Crippen molar-refractivity contribution in [3.05, 3.63) is 0 Å². The van der Waals surface area contributed by atoms with Crippen LogP contribution in [0.15, 0.2) is 0 Å². The summed E-state index contributed by atoms with van der Waals surface area (Å²) in [4.78, 5) is 0. The zero-order valence-corrected chi connectivity index (χ0v) is 4.77. The van der Waals surface area contributed by atoms with Crippen molar-refractivity contribution in [2.24, 2.45) is 0 Å². The normalized spacial score (nSPS) is 15.7. The third-order valence-corrected chi connectivity index (χ3v) is 0.815. The van der Waals surface area contributed by atoms with Crippen LogP contribution < -0.4 is 0 Å². The Morgan fingerprint density at radius 1 is 1.56 bits per heavy atom. The van der Waals surface area contributed by atoms with E-state index in [-0.39, 0.29) is 0 Å². The van der Waals surface area contributed by atoms with Gasteiger partial charge in [-0.15, -0.1) is 0 Å². The minimum absolute atomic E-state index is 0.897. The van der Waals surface area contributed by atoms with Crippen molar-refractivity contribution in [3.63, 3.8) is 0 Å². The van der Waals surface area contributed by atoms with E-state index >= 15 is 0 Å². The van der Waals surface area contributed by atoms with Gasteiger partial charge in [-0.05, 0) is 0 Å². The van der Waals surface area contributed by atoms with Crippen molar-refractivity contribution < 1.29 is 23.0 Å². The molecule has 0 radical (unpaired) electrons. The van der Waals surface area contributed by atoms with Crippen LogP contribution in [-0.4, -0.2) is 31.1 Å². The van der Waals surface area contributed by atoms with Gasteiger partial charge in [-0.2, -0.15) is 13.2 Å². The van der Waals surface area contributed by atoms with Gasteiger partial charge < -0.3 is 9.84 Å². The molecule has 0 spiro atoms. The molecule has 0 aromatic heterocycles. The maximum atomic E-state index is 11.4. The van der Waals surface area contributed by atoms with Crippen LogP contribution in [0.4, 0.5) is 13.2 Å². The first-order valence-corrected chi connectivity index (χ1v) is 2.22. The summed E-state index contributed by atoms with van der Waals surface area (Å²) in [5, 5.41) is 8.02. The molecule has 0 aromatic carbocycles. The highest BCUT2D eigenvalue weighted by molar-refractivity contribution is 4.64. The van der Waals surface area contributed by atoms with Crippen molar-refractivity contribution in [1.29, 1.82) is 0 Å². The maximum absolute atomic E-state index is 11.4. The minimum Gasteiger partial charge on any atom is -0.393 e. The summed E-state index contributed by atoms with van der Waals surface area (Å²) < 4.78 is 38.2. The molecule has 0 saturated carbocycles. The van der Waals surface area contributed by atoms with Gasteiger partial charge in [-0.3, -0.25) is 0 Å². The van der Waals surface area contributed by atoms with Gasteiger partial charge >= 0.3 is 6.18 Å². The molecule has 0 bridgehead atoms. The molecule has 1 atom stereocenters. The number of aliphatic hydroxyl groups excluding tert-OH is 1. The third kappa shape index (κ3) is 2.67. The van der Waals surface area contributed by atoms with Gasteiger partial charge in [0.15, 0.2) is 6.10 Å². The van der Waals surface area contributed by atoms with Gasteiger partial charge in [0.2, 0.25) is 0 Å². The molecule has 0 heterocycles. The van der Waals surface area contributed by atoms with Gasteiger partial charge in [0, 0.05) is 7.11 Å². The molecule has 5 heteroatoms. The second kappa shape index (κ2) is 3.03. The quantitative estimate of drug-likeness (QED) is 0.613. The number of halogens is 3. The van der Waals surface area contributed by atoms with E-state index in [0.717, 1.165) is 7.11 Å². The SMILES string of the molecule is COC(CO)C(F)(F)F. The van der Waals surface area contributed by atoms with Crippen LogP contribution in [-0.2, 0) is 4.74 Å². The summed E-state index contributed by atoms with van der Waals surface area (Å²) in [5.41, 5.74) is 0. The summed E-state index contributed by atoms with van der Waals surface area (Å²) in [7, 11) is 0.897. The Hall–Kier alpha value is -0.290. The molecular weight excluding hydrogens is 137 g/mol. The molecule has 0 aliphatic carbocycles. The Balaban J connectivity index is 3.79. The van der Waals surface area contributed by atoms with E-state index in [1.165, 1.54) is 0 Å². The van der Waals surface area contributed by atoms with Crippen molar-refractivity contribution in [2.45, 2.75) is 12.3 Å². The van der Waals surface area contributed by atoms with E-state index < -0.39 is 18.9 Å². The topological polar surface area (TPSA) is 29.5 Å². The summed E-state index contributed by atoms with van der Waals surface area (Å²) >= 11 is 0. The van der Waals surface area contributed by atoms with Crippen molar-refractivity contribution in [2.75, 3.05) is 13.7 Å². The molecule has 2 nitrogen and oxygen atoms in total. The lowest BCUT2D eigenvalue weighted by Gasteiger charge is -2.14. The summed E-state index contributed by atoms with van der Waals surface area (Å²) in [6, 6.07) is 0. The Labute approximate surface area is 50.2 Å². The average Bonchev–Trinajstić information content (AvgIpc) is 1.65. The van der Waals surface area contributed by atoms with E-state index in [2.05, 4.69) is 4.74 Å². The largest absolute Gasteiger partial charge is 0.416 e. The Morgan fingerprint density at radius 3 is 2.00 bits per heavy atom. The first-order valence-electron chi connectivity index (χ1n) is 2.22. The highest BCUT2D eigenvalue weighted by atomic mass is 19.4. The summed E-state index contributed by atoms with van der Waals surface area (Å²) in [6.45, 7) is -1.03. The van der Waals surface area contributed by atoms with Gasteiger partial charge in [-0.1, -0.05) is 0 Å². The van der Waals surface area contributed by atoms with E-state index in [9.17, 15) is 13.2 Å². The van der Waals surface area contributed by atoms with E-state index in [4.69, 9.17) is 5.11 Å². The fourth-order valence-electron chi connectivity index (χ4n) is 0.312. The van der Waals surface area contributed by atoms with E-state index in [1.807, 2.05) is 0 Å². The first kappa shape index (κ1) is 8.71. The van der Waals surface area contributed by atoms with Crippen LogP contribution in [0.1, 0.15) is 0 Å². The molecule has 0 rings (SSSR count). The maximum Gasteiger partial charge on any atom is 0.416 e. The standard InChI is InChI=1S/C4H7F3O2/c1-9-3(2-8)4(5,6)7/h3,8H,2H2,1H3. The van der Waals surface area contributed by atoms with Gasteiger partial charge in [0.25, 0.3) is 0 Å². The molecule has 0 aliphatic rings. The van der Waals surface area contributed by atoms with Gasteiger partial charge in [0.1, 0.15) is 0 Å². The molecule has 0 aliphatic heterocycles. The lowest BCUT2D eigenvalue weighted by Crippen LogP contribution is -2.33. The lowest BCUT2D eigenvalue weighted by molar-refractivity contribution is -0.221. The average molecular weight is 144 g/mol. The Morgan fingerprint density at radius 2 is 2.00 bits per heavy atom. The molecule has 1 N–H and O–H groups in total. The lowest BCUT2D eigenvalue weighted by atomic mass is 10.4. The third-order valence-electron chi connectivity index (χ3n) is 0.815. The monoisotopic (exact) mass is 144 g/mol. The predicted octanol–water partition coefficient (Wildman–Crippen LogP) is 0.556. The zero-order chi connectivity index (χ0) is 7.49. The van der Waals surface area contributed by atoms with Gasteiger partial charge in [-0.25, -0.2) is 0 Å². The van der Waals surface area contributed by atoms with Crippen LogP contribution in [0.3, 0.4) is 0 Å². The van der Waals surface area contributed by atoms with Crippen molar-refractivity contribution >= 4 is 0 Å². The number of hydrogen-bond donors (Lipinski definition) is 1. The number of hydrogen-bond acceptors (Lipinski definition) is 2. The molecular formula is C4H7F3O2. The fourth-order valence-corrected chi connectivity index (χ4v) is 0.312. The van der Waals surface area contributed by atoms with Crippen molar-refractivity contribution in [3.8, 4) is 0 Å². The second-order valence-corrected chi connectivity index (χ2v) is 1.45. The number of rotatable bonds is 2. The van der Waals surface area contributed by atoms with Gasteiger partial charge in [0.05, 0.1) is 6.61 Å². The molecule has 0 saturated heterocycles. The molecule has 0 amide bonds. The highest BCUT2D eigenvalue weighted by Crippen LogP contribution is 2.21. The molecule has 0 aromatic rings. The number of aliphatic hydroxyl groups is 1. The number of ether oxygens (including phenoxy) is 1. The molecule has 1 unspecified atom stereocenters. The molecule has 0 fully saturated rings. The second-order valence-electron chi connectivity index (χ2n) is 1.45. The van der Waals surface area contributed by atoms with Crippen LogP contribution >= 0.6 is 0 Å². The highest BCUT2D eigenvalue weighted by Gasteiger charge is 2.39. The fraction of sp³-hybridized carbons (Fsp3) is 1.00. The molecule has 56 valence electrons. The minimum atomic E-state index is -4.45. The predicted molar refractivity (Wildman–Crippen MR) is 23.9 cm³/mol. The molecule has 9 heavy (non-hydrogen) atoms. The van der Waals surface area contributed by atoms with Crippen LogP contribution in [0.5, 0.6) is 0 Å². The first-order chi connectivity index (χ1) is 4.02. The van der Waals surface area contributed by atoms with E-state index in [1.54, 1.807) is 0 Å². The zero-order valence-electron chi connectivity index (χ0n) is 4.77. The smallest absolute Gasteiger partial charge is 0.393 e. The van der Waals surface area contributed by atoms with Crippen LogP contribution in [0, 0.1) is 0 Å². The summed E-state index contributed by atoms with van der Waals surface area (Å²) in [5.74, 6) is 0. The number of alkyl halides is 3. The van der Waals surface area contributed by atoms with Crippen molar-refractivity contribution in [1.82, 2.24) is 0 Å². The van der Waals surface area contributed by atoms with E-state index in [0.29, 0.717) is 0 Å². The van der Waals surface area contributed by atoms with Crippen LogP contribution in [0.25, 0.3) is 0 Å². The van der Waals surface area contributed by atoms with Crippen LogP contribution in [0.2, 0.25) is 0 Å². The number of methoxy groups -OCH3 is 1. The Kier molecular flexibility index (Phi) is 2.93. The summed E-state index contributed by atoms with van der Waals surface area (Å²) in [6.07, 6.45) is -6.50. The Bertz CT molecular complexity index is 76.4.